The van der Waals surface area contributed by atoms with E-state index in [0.29, 0.717) is 5.56 Å². The molecule has 0 heterocycles. The Morgan fingerprint density at radius 1 is 1.10 bits per heavy atom. The zero-order valence-corrected chi connectivity index (χ0v) is 14.6. The number of sulfonamides is 1. The molecule has 0 fully saturated rings. The molecular formula is C15H17IN2O2S. The predicted molar refractivity (Wildman–Crippen MR) is 94.4 cm³/mol. The van der Waals surface area contributed by atoms with Gasteiger partial charge >= 0.3 is 0 Å². The van der Waals surface area contributed by atoms with Crippen molar-refractivity contribution in [2.75, 3.05) is 5.32 Å². The first-order chi connectivity index (χ1) is 9.83. The molecule has 0 aromatic heterocycles. The summed E-state index contributed by atoms with van der Waals surface area (Å²) in [6.45, 7) is 2.08. The van der Waals surface area contributed by atoms with E-state index in [0.717, 1.165) is 5.69 Å². The summed E-state index contributed by atoms with van der Waals surface area (Å²) in [5.41, 5.74) is 2.83. The van der Waals surface area contributed by atoms with Gasteiger partial charge in [-0.3, -0.25) is 0 Å². The van der Waals surface area contributed by atoms with Gasteiger partial charge in [-0.25, -0.2) is 13.6 Å². The molecule has 0 amide bonds. The average molecular weight is 416 g/mol. The molecule has 6 heteroatoms. The van der Waals surface area contributed by atoms with Crippen molar-refractivity contribution < 1.29 is 8.42 Å². The highest BCUT2D eigenvalue weighted by Gasteiger charge is 2.07. The standard InChI is InChI=1S/C15H17IN2O2S/c1-11(13-4-6-14(16)7-5-13)18-15-8-2-12(3-9-15)10-21(17,19)20/h2-9,11,18H,10H2,1H3,(H2,17,19,20). The number of anilines is 1. The third-order valence-electron chi connectivity index (χ3n) is 3.07. The highest BCUT2D eigenvalue weighted by molar-refractivity contribution is 14.1. The third kappa shape index (κ3) is 5.29. The van der Waals surface area contributed by atoms with Crippen molar-refractivity contribution in [1.29, 1.82) is 0 Å². The first kappa shape index (κ1) is 16.3. The summed E-state index contributed by atoms with van der Waals surface area (Å²) in [6, 6.07) is 15.8. The molecule has 0 aliphatic rings. The average Bonchev–Trinajstić information content (AvgIpc) is 2.40. The van der Waals surface area contributed by atoms with E-state index in [2.05, 4.69) is 59.1 Å². The lowest BCUT2D eigenvalue weighted by Crippen LogP contribution is -2.14. The van der Waals surface area contributed by atoms with E-state index in [9.17, 15) is 8.42 Å². The molecule has 1 atom stereocenters. The number of hydrogen-bond acceptors (Lipinski definition) is 3. The molecule has 3 N–H and O–H groups in total. The van der Waals surface area contributed by atoms with Crippen molar-refractivity contribution in [2.45, 2.75) is 18.7 Å². The normalized spacial score (nSPS) is 12.9. The Morgan fingerprint density at radius 2 is 1.67 bits per heavy atom. The second-order valence-corrected chi connectivity index (χ2v) is 7.78. The molecule has 4 nitrogen and oxygen atoms in total. The highest BCUT2D eigenvalue weighted by Crippen LogP contribution is 2.20. The molecule has 0 aliphatic carbocycles. The van der Waals surface area contributed by atoms with E-state index in [4.69, 9.17) is 5.14 Å². The zero-order valence-electron chi connectivity index (χ0n) is 11.6. The summed E-state index contributed by atoms with van der Waals surface area (Å²) < 4.78 is 23.3. The topological polar surface area (TPSA) is 72.2 Å². The Labute approximate surface area is 138 Å². The molecule has 21 heavy (non-hydrogen) atoms. The molecule has 2 aromatic carbocycles. The Morgan fingerprint density at radius 3 is 2.19 bits per heavy atom. The second-order valence-electron chi connectivity index (χ2n) is 4.92. The van der Waals surface area contributed by atoms with Gasteiger partial charge in [0.2, 0.25) is 10.0 Å². The molecule has 0 aliphatic heterocycles. The fourth-order valence-corrected chi connectivity index (χ4v) is 3.03. The Balaban J connectivity index is 2.04. The minimum Gasteiger partial charge on any atom is -0.379 e. The maximum Gasteiger partial charge on any atom is 0.213 e. The van der Waals surface area contributed by atoms with E-state index < -0.39 is 10.0 Å². The van der Waals surface area contributed by atoms with Gasteiger partial charge in [0.15, 0.2) is 0 Å². The smallest absolute Gasteiger partial charge is 0.213 e. The molecule has 0 spiro atoms. The number of hydrogen-bond donors (Lipinski definition) is 2. The molecule has 2 aromatic rings. The maximum atomic E-state index is 11.0. The van der Waals surface area contributed by atoms with Crippen molar-refractivity contribution >= 4 is 38.3 Å². The first-order valence-electron chi connectivity index (χ1n) is 6.45. The highest BCUT2D eigenvalue weighted by atomic mass is 127. The van der Waals surface area contributed by atoms with Crippen LogP contribution in [0.25, 0.3) is 0 Å². The SMILES string of the molecule is CC(Nc1ccc(CS(N)(=O)=O)cc1)c1ccc(I)cc1. The van der Waals surface area contributed by atoms with Crippen LogP contribution >= 0.6 is 22.6 Å². The maximum absolute atomic E-state index is 11.0. The summed E-state index contributed by atoms with van der Waals surface area (Å²) in [6.07, 6.45) is 0. The summed E-state index contributed by atoms with van der Waals surface area (Å²) in [4.78, 5) is 0. The number of benzene rings is 2. The second kappa shape index (κ2) is 6.76. The van der Waals surface area contributed by atoms with Crippen LogP contribution in [0.4, 0.5) is 5.69 Å². The van der Waals surface area contributed by atoms with Crippen molar-refractivity contribution in [3.05, 3.63) is 63.2 Å². The van der Waals surface area contributed by atoms with Gasteiger partial charge in [0.05, 0.1) is 5.75 Å². The number of nitrogens with one attached hydrogen (secondary N) is 1. The minimum atomic E-state index is -3.48. The van der Waals surface area contributed by atoms with Crippen LogP contribution in [0.3, 0.4) is 0 Å². The third-order valence-corrected chi connectivity index (χ3v) is 4.53. The van der Waals surface area contributed by atoms with Gasteiger partial charge in [0.1, 0.15) is 0 Å². The van der Waals surface area contributed by atoms with Gasteiger partial charge in [0, 0.05) is 15.3 Å². The summed E-state index contributed by atoms with van der Waals surface area (Å²) in [5.74, 6) is -0.139. The van der Waals surface area contributed by atoms with Gasteiger partial charge in [-0.1, -0.05) is 24.3 Å². The van der Waals surface area contributed by atoms with Gasteiger partial charge in [0.25, 0.3) is 0 Å². The lowest BCUT2D eigenvalue weighted by Gasteiger charge is -2.16. The molecular weight excluding hydrogens is 399 g/mol. The van der Waals surface area contributed by atoms with Crippen molar-refractivity contribution in [1.82, 2.24) is 0 Å². The number of primary sulfonamides is 1. The van der Waals surface area contributed by atoms with E-state index >= 15 is 0 Å². The van der Waals surface area contributed by atoms with Gasteiger partial charge in [-0.15, -0.1) is 0 Å². The van der Waals surface area contributed by atoms with E-state index in [1.165, 1.54) is 9.13 Å². The quantitative estimate of drug-likeness (QED) is 0.736. The summed E-state index contributed by atoms with van der Waals surface area (Å²) in [5, 5.41) is 8.41. The van der Waals surface area contributed by atoms with E-state index in [1.54, 1.807) is 12.1 Å². The number of rotatable bonds is 5. The zero-order chi connectivity index (χ0) is 15.5. The molecule has 0 saturated carbocycles. The van der Waals surface area contributed by atoms with E-state index in [1.807, 2.05) is 12.1 Å². The van der Waals surface area contributed by atoms with Crippen LogP contribution in [0.5, 0.6) is 0 Å². The first-order valence-corrected chi connectivity index (χ1v) is 9.24. The van der Waals surface area contributed by atoms with Crippen LogP contribution in [-0.2, 0) is 15.8 Å². The van der Waals surface area contributed by atoms with E-state index in [-0.39, 0.29) is 11.8 Å². The Kier molecular flexibility index (Phi) is 5.23. The Bertz CT molecular complexity index is 697. The van der Waals surface area contributed by atoms with Gasteiger partial charge in [-0.05, 0) is 64.9 Å². The molecule has 112 valence electrons. The molecule has 2 rings (SSSR count). The van der Waals surface area contributed by atoms with Gasteiger partial charge in [-0.2, -0.15) is 0 Å². The van der Waals surface area contributed by atoms with Crippen LogP contribution in [-0.4, -0.2) is 8.42 Å². The monoisotopic (exact) mass is 416 g/mol. The Hall–Kier alpha value is -1.12. The fraction of sp³-hybridized carbons (Fsp3) is 0.200. The lowest BCUT2D eigenvalue weighted by molar-refractivity contribution is 0.597. The number of halogens is 1. The largest absolute Gasteiger partial charge is 0.379 e. The lowest BCUT2D eigenvalue weighted by atomic mass is 10.1. The molecule has 1 unspecified atom stereocenters. The van der Waals surface area contributed by atoms with Crippen LogP contribution in [0.1, 0.15) is 24.1 Å². The summed E-state index contributed by atoms with van der Waals surface area (Å²) in [7, 11) is -3.48. The molecule has 0 saturated heterocycles. The van der Waals surface area contributed by atoms with Crippen LogP contribution in [0, 0.1) is 3.57 Å². The predicted octanol–water partition coefficient (Wildman–Crippen LogP) is 3.25. The van der Waals surface area contributed by atoms with Crippen molar-refractivity contribution in [3.8, 4) is 0 Å². The fourth-order valence-electron chi connectivity index (χ4n) is 2.01. The summed E-state index contributed by atoms with van der Waals surface area (Å²) >= 11 is 2.28. The van der Waals surface area contributed by atoms with Gasteiger partial charge < -0.3 is 5.32 Å². The number of nitrogens with two attached hydrogens (primary N) is 1. The molecule has 0 bridgehead atoms. The minimum absolute atomic E-state index is 0.139. The van der Waals surface area contributed by atoms with Crippen molar-refractivity contribution in [3.63, 3.8) is 0 Å². The van der Waals surface area contributed by atoms with Crippen LogP contribution in [0.15, 0.2) is 48.5 Å². The van der Waals surface area contributed by atoms with Crippen LogP contribution < -0.4 is 10.5 Å². The van der Waals surface area contributed by atoms with Crippen LogP contribution in [0.2, 0.25) is 0 Å². The molecule has 0 radical (unpaired) electrons. The van der Waals surface area contributed by atoms with Crippen molar-refractivity contribution in [2.24, 2.45) is 5.14 Å².